The summed E-state index contributed by atoms with van der Waals surface area (Å²) in [5.41, 5.74) is 0.667. The van der Waals surface area contributed by atoms with E-state index >= 15 is 0 Å². The van der Waals surface area contributed by atoms with E-state index in [9.17, 15) is 19.2 Å². The molecule has 0 aliphatic carbocycles. The van der Waals surface area contributed by atoms with Gasteiger partial charge in [0.05, 0.1) is 6.61 Å². The molecule has 0 fully saturated rings. The smallest absolute Gasteiger partial charge is 0.408 e. The summed E-state index contributed by atoms with van der Waals surface area (Å²) in [6, 6.07) is 15.6. The Morgan fingerprint density at radius 1 is 0.884 bits per heavy atom. The van der Waals surface area contributed by atoms with Gasteiger partial charge in [0, 0.05) is 23.5 Å². The Bertz CT molecular complexity index is 1390. The quantitative estimate of drug-likeness (QED) is 0.215. The van der Waals surface area contributed by atoms with E-state index < -0.39 is 47.1 Å². The number of aromatic nitrogens is 1. The molecule has 0 saturated heterocycles. The van der Waals surface area contributed by atoms with Gasteiger partial charge in [0.15, 0.2) is 0 Å². The highest BCUT2D eigenvalue weighted by Crippen LogP contribution is 2.20. The highest BCUT2D eigenvalue weighted by atomic mass is 16.6. The number of benzene rings is 2. The van der Waals surface area contributed by atoms with Gasteiger partial charge in [-0.1, -0.05) is 48.5 Å². The number of hydrogen-bond acceptors (Lipinski definition) is 6. The predicted octanol–water partition coefficient (Wildman–Crippen LogP) is 4.57. The molecule has 2 aromatic carbocycles. The van der Waals surface area contributed by atoms with Gasteiger partial charge in [-0.05, 0) is 78.0 Å². The summed E-state index contributed by atoms with van der Waals surface area (Å²) in [6.07, 6.45) is 2.91. The van der Waals surface area contributed by atoms with Crippen LogP contribution in [0, 0.1) is 0 Å². The molecule has 3 amide bonds. The van der Waals surface area contributed by atoms with Gasteiger partial charge in [0.1, 0.15) is 23.2 Å². The van der Waals surface area contributed by atoms with Crippen LogP contribution in [-0.2, 0) is 36.7 Å². The Balaban J connectivity index is 1.80. The summed E-state index contributed by atoms with van der Waals surface area (Å²) >= 11 is 0. The lowest BCUT2D eigenvalue weighted by atomic mass is 10.00. The minimum Gasteiger partial charge on any atom is -0.464 e. The van der Waals surface area contributed by atoms with Crippen LogP contribution in [0.2, 0.25) is 0 Å². The zero-order valence-corrected chi connectivity index (χ0v) is 25.9. The third-order valence-corrected chi connectivity index (χ3v) is 6.79. The van der Waals surface area contributed by atoms with Crippen molar-refractivity contribution in [3.05, 3.63) is 71.9 Å². The van der Waals surface area contributed by atoms with Gasteiger partial charge in [-0.25, -0.2) is 9.59 Å². The van der Waals surface area contributed by atoms with Crippen molar-refractivity contribution < 1.29 is 28.7 Å². The van der Waals surface area contributed by atoms with Crippen LogP contribution < -0.4 is 16.0 Å². The molecule has 0 spiro atoms. The van der Waals surface area contributed by atoms with Crippen molar-refractivity contribution in [3.8, 4) is 0 Å². The highest BCUT2D eigenvalue weighted by Gasteiger charge is 2.35. The van der Waals surface area contributed by atoms with Crippen LogP contribution in [0.3, 0.4) is 0 Å². The van der Waals surface area contributed by atoms with Crippen molar-refractivity contribution in [2.75, 3.05) is 6.61 Å². The number of fused-ring (bicyclic) bond motifs is 1. The Morgan fingerprint density at radius 2 is 1.56 bits per heavy atom. The summed E-state index contributed by atoms with van der Waals surface area (Å²) < 4.78 is 10.6. The van der Waals surface area contributed by atoms with E-state index in [0.717, 1.165) is 28.5 Å². The molecule has 4 N–H and O–H groups in total. The average molecular weight is 593 g/mol. The van der Waals surface area contributed by atoms with Gasteiger partial charge < -0.3 is 30.4 Å². The summed E-state index contributed by atoms with van der Waals surface area (Å²) in [6.45, 7) is 10.1. The number of carbonyl (C=O) groups excluding carboxylic acids is 4. The van der Waals surface area contributed by atoms with Gasteiger partial charge in [0.2, 0.25) is 11.8 Å². The lowest BCUT2D eigenvalue weighted by molar-refractivity contribution is -0.148. The lowest BCUT2D eigenvalue weighted by Gasteiger charge is -2.30. The molecule has 0 unspecified atom stereocenters. The van der Waals surface area contributed by atoms with Gasteiger partial charge in [0.25, 0.3) is 0 Å². The summed E-state index contributed by atoms with van der Waals surface area (Å²) in [7, 11) is 0. The molecule has 232 valence electrons. The molecule has 0 aliphatic heterocycles. The Labute approximate surface area is 253 Å². The predicted molar refractivity (Wildman–Crippen MR) is 165 cm³/mol. The number of rotatable bonds is 13. The van der Waals surface area contributed by atoms with Crippen molar-refractivity contribution >= 4 is 34.8 Å². The fraction of sp³-hybridized carbons (Fsp3) is 0.455. The molecule has 10 nitrogen and oxygen atoms in total. The molecule has 2 atom stereocenters. The average Bonchev–Trinajstić information content (AvgIpc) is 3.34. The van der Waals surface area contributed by atoms with Crippen molar-refractivity contribution in [3.63, 3.8) is 0 Å². The molecule has 1 aromatic heterocycles. The number of nitrogens with one attached hydrogen (secondary N) is 4. The first-order chi connectivity index (χ1) is 20.3. The standard InChI is InChI=1S/C33H44N4O6/c1-7-42-29(39)26(19-13-16-22-14-9-8-10-15-22)35-28(38)27(20-23-21-34-25-18-12-11-17-24(23)25)36-30(40)33(5,6)37-31(41)43-32(2,3)4/h8-12,14-15,17-18,21,26-27,34H,7,13,16,19-20H2,1-6H3,(H,35,38)(H,36,40)(H,37,41)/t26-,27+/m0/s1. The van der Waals surface area contributed by atoms with Gasteiger partial charge in [-0.3, -0.25) is 9.59 Å². The van der Waals surface area contributed by atoms with E-state index in [4.69, 9.17) is 9.47 Å². The SMILES string of the molecule is CCOC(=O)[C@H](CCCc1ccccc1)NC(=O)[C@@H](Cc1c[nH]c2ccccc12)NC(=O)C(C)(C)NC(=O)OC(C)(C)C. The first-order valence-electron chi connectivity index (χ1n) is 14.7. The summed E-state index contributed by atoms with van der Waals surface area (Å²) in [4.78, 5) is 55.7. The van der Waals surface area contributed by atoms with Crippen LogP contribution in [0.1, 0.15) is 65.5 Å². The number of alkyl carbamates (subject to hydrolysis) is 1. The largest absolute Gasteiger partial charge is 0.464 e. The number of esters is 1. The van der Waals surface area contributed by atoms with Crippen LogP contribution >= 0.6 is 0 Å². The minimum absolute atomic E-state index is 0.143. The molecular weight excluding hydrogens is 548 g/mol. The first kappa shape index (κ1) is 33.2. The molecule has 3 rings (SSSR count). The topological polar surface area (TPSA) is 139 Å². The maximum Gasteiger partial charge on any atom is 0.408 e. The van der Waals surface area contributed by atoms with Crippen molar-refractivity contribution in [1.29, 1.82) is 0 Å². The van der Waals surface area contributed by atoms with Gasteiger partial charge in [-0.2, -0.15) is 0 Å². The number of hydrogen-bond donors (Lipinski definition) is 4. The second-order valence-corrected chi connectivity index (χ2v) is 12.0. The zero-order valence-electron chi connectivity index (χ0n) is 25.9. The number of H-pyrrole nitrogens is 1. The minimum atomic E-state index is -1.41. The second-order valence-electron chi connectivity index (χ2n) is 12.0. The molecule has 10 heteroatoms. The van der Waals surface area contributed by atoms with E-state index in [-0.39, 0.29) is 13.0 Å². The van der Waals surface area contributed by atoms with Crippen LogP contribution in [0.15, 0.2) is 60.8 Å². The molecule has 0 aliphatic rings. The van der Waals surface area contributed by atoms with E-state index in [2.05, 4.69) is 20.9 Å². The Kier molecular flexibility index (Phi) is 11.3. The number of aromatic amines is 1. The van der Waals surface area contributed by atoms with Crippen molar-refractivity contribution in [2.45, 2.75) is 90.4 Å². The van der Waals surface area contributed by atoms with E-state index in [1.165, 1.54) is 13.8 Å². The number of amides is 3. The van der Waals surface area contributed by atoms with Gasteiger partial charge >= 0.3 is 12.1 Å². The summed E-state index contributed by atoms with van der Waals surface area (Å²) in [5, 5.41) is 9.11. The number of ether oxygens (including phenoxy) is 2. The molecule has 43 heavy (non-hydrogen) atoms. The fourth-order valence-corrected chi connectivity index (χ4v) is 4.60. The zero-order chi connectivity index (χ0) is 31.6. The Morgan fingerprint density at radius 3 is 2.23 bits per heavy atom. The van der Waals surface area contributed by atoms with E-state index in [1.54, 1.807) is 33.9 Å². The molecule has 1 heterocycles. The van der Waals surface area contributed by atoms with Gasteiger partial charge in [-0.15, -0.1) is 0 Å². The third kappa shape index (κ3) is 10.2. The van der Waals surface area contributed by atoms with Crippen LogP contribution in [-0.4, -0.2) is 58.7 Å². The highest BCUT2D eigenvalue weighted by molar-refractivity contribution is 5.95. The van der Waals surface area contributed by atoms with Crippen LogP contribution in [0.5, 0.6) is 0 Å². The maximum absolute atomic E-state index is 13.8. The number of para-hydroxylation sites is 1. The van der Waals surface area contributed by atoms with Crippen molar-refractivity contribution in [2.24, 2.45) is 0 Å². The molecule has 3 aromatic rings. The molecular formula is C33H44N4O6. The number of aryl methyl sites for hydroxylation is 1. The third-order valence-electron chi connectivity index (χ3n) is 6.79. The van der Waals surface area contributed by atoms with Crippen molar-refractivity contribution in [1.82, 2.24) is 20.9 Å². The first-order valence-corrected chi connectivity index (χ1v) is 14.7. The van der Waals surface area contributed by atoms with E-state index in [1.807, 2.05) is 54.6 Å². The summed E-state index contributed by atoms with van der Waals surface area (Å²) in [5.74, 6) is -1.66. The lowest BCUT2D eigenvalue weighted by Crippen LogP contribution is -2.60. The number of carbonyl (C=O) groups is 4. The fourth-order valence-electron chi connectivity index (χ4n) is 4.60. The van der Waals surface area contributed by atoms with Crippen LogP contribution in [0.4, 0.5) is 4.79 Å². The normalized spacial score (nSPS) is 13.1. The maximum atomic E-state index is 13.8. The second kappa shape index (κ2) is 14.7. The van der Waals surface area contributed by atoms with E-state index in [0.29, 0.717) is 12.8 Å². The molecule has 0 bridgehead atoms. The Hall–Kier alpha value is -4.34. The van der Waals surface area contributed by atoms with Crippen LogP contribution in [0.25, 0.3) is 10.9 Å². The molecule has 0 saturated carbocycles. The monoisotopic (exact) mass is 592 g/mol. The molecule has 0 radical (unpaired) electrons.